The monoisotopic (exact) mass is 397 g/mol. The van der Waals surface area contributed by atoms with E-state index in [9.17, 15) is 0 Å². The van der Waals surface area contributed by atoms with Gasteiger partial charge in [0.2, 0.25) is 0 Å². The molecule has 4 heteroatoms. The lowest BCUT2D eigenvalue weighted by Crippen LogP contribution is -2.40. The maximum atomic E-state index is 8.88. The molecule has 1 aliphatic rings. The molecule has 0 saturated heterocycles. The van der Waals surface area contributed by atoms with Gasteiger partial charge in [0.15, 0.2) is 0 Å². The van der Waals surface area contributed by atoms with Gasteiger partial charge in [-0.3, -0.25) is 4.98 Å². The van der Waals surface area contributed by atoms with Crippen LogP contribution in [0.1, 0.15) is 75.3 Å². The summed E-state index contributed by atoms with van der Waals surface area (Å²) in [4.78, 5) is 4.37. The van der Waals surface area contributed by atoms with Crippen molar-refractivity contribution in [3.63, 3.8) is 0 Å². The van der Waals surface area contributed by atoms with Crippen LogP contribution in [0.15, 0.2) is 42.7 Å². The minimum absolute atomic E-state index is 0.0863. The average Bonchev–Trinajstić information content (AvgIpc) is 2.77. The van der Waals surface area contributed by atoms with Crippen molar-refractivity contribution in [1.29, 1.82) is 0 Å². The second-order valence-corrected chi connectivity index (χ2v) is 8.39. The number of fused-ring (bicyclic) bond motifs is 1. The molecular weight excluding hydrogens is 362 g/mol. The maximum Gasteiger partial charge on any atom is 0.126 e. The molecule has 0 unspecified atom stereocenters. The Balaban J connectivity index is 1.70. The number of aliphatic hydroxyl groups excluding tert-OH is 1. The molecule has 3 rings (SSSR count). The molecule has 0 fully saturated rings. The lowest BCUT2D eigenvalue weighted by Gasteiger charge is -2.43. The van der Waals surface area contributed by atoms with Crippen LogP contribution in [0.4, 0.5) is 0 Å². The van der Waals surface area contributed by atoms with Crippen LogP contribution < -0.4 is 9.47 Å². The van der Waals surface area contributed by atoms with Crippen LogP contribution in [0, 0.1) is 0 Å². The number of methoxy groups -OCH3 is 1. The van der Waals surface area contributed by atoms with E-state index in [2.05, 4.69) is 24.0 Å². The van der Waals surface area contributed by atoms with Gasteiger partial charge in [0, 0.05) is 36.4 Å². The highest BCUT2D eigenvalue weighted by molar-refractivity contribution is 5.47. The molecular formula is C25H35NO3. The molecule has 158 valence electrons. The fourth-order valence-electron chi connectivity index (χ4n) is 4.53. The number of unbranched alkanes of at least 4 members (excludes halogenated alkanes) is 6. The number of aromatic nitrogens is 1. The van der Waals surface area contributed by atoms with E-state index in [1.165, 1.54) is 43.2 Å². The minimum Gasteiger partial charge on any atom is -0.497 e. The molecule has 0 spiro atoms. The summed E-state index contributed by atoms with van der Waals surface area (Å²) in [5.74, 6) is 2.20. The SMILES string of the molecule is COc1ccc2c(c1)OC[C@](C)(c1cccnc1)[C@@H]2CCCCCCCCCO. The molecule has 2 heterocycles. The summed E-state index contributed by atoms with van der Waals surface area (Å²) in [5, 5.41) is 8.88. The molecule has 0 bridgehead atoms. The summed E-state index contributed by atoms with van der Waals surface area (Å²) < 4.78 is 11.6. The van der Waals surface area contributed by atoms with Crippen molar-refractivity contribution in [2.75, 3.05) is 20.3 Å². The van der Waals surface area contributed by atoms with Crippen LogP contribution in [0.3, 0.4) is 0 Å². The van der Waals surface area contributed by atoms with Gasteiger partial charge in [0.25, 0.3) is 0 Å². The van der Waals surface area contributed by atoms with Crippen LogP contribution in [-0.2, 0) is 5.41 Å². The van der Waals surface area contributed by atoms with Gasteiger partial charge in [-0.1, -0.05) is 57.6 Å². The Morgan fingerprint density at radius 2 is 1.86 bits per heavy atom. The predicted molar refractivity (Wildman–Crippen MR) is 117 cm³/mol. The zero-order valence-corrected chi connectivity index (χ0v) is 17.9. The van der Waals surface area contributed by atoms with Gasteiger partial charge in [0.05, 0.1) is 13.7 Å². The standard InChI is InChI=1S/C25H35NO3/c1-25(20-11-10-15-26-18-20)19-29-24-17-21(28-2)13-14-22(24)23(25)12-8-6-4-3-5-7-9-16-27/h10-11,13-15,17-18,23,27H,3-9,12,16,19H2,1-2H3/t23-,25-/m1/s1. The van der Waals surface area contributed by atoms with Crippen molar-refractivity contribution in [2.45, 2.75) is 69.6 Å². The van der Waals surface area contributed by atoms with Gasteiger partial charge in [-0.05, 0) is 36.1 Å². The fourth-order valence-corrected chi connectivity index (χ4v) is 4.53. The Bertz CT molecular complexity index is 749. The van der Waals surface area contributed by atoms with Gasteiger partial charge < -0.3 is 14.6 Å². The summed E-state index contributed by atoms with van der Waals surface area (Å²) >= 11 is 0. The Morgan fingerprint density at radius 1 is 1.10 bits per heavy atom. The lowest BCUT2D eigenvalue weighted by molar-refractivity contribution is 0.161. The molecule has 4 nitrogen and oxygen atoms in total. The largest absolute Gasteiger partial charge is 0.497 e. The van der Waals surface area contributed by atoms with Gasteiger partial charge in [0.1, 0.15) is 11.5 Å². The number of hydrogen-bond acceptors (Lipinski definition) is 4. The third kappa shape index (κ3) is 5.30. The molecule has 1 aromatic heterocycles. The molecule has 0 aliphatic carbocycles. The Hall–Kier alpha value is -2.07. The summed E-state index contributed by atoms with van der Waals surface area (Å²) in [6.45, 7) is 3.29. The number of rotatable bonds is 11. The van der Waals surface area contributed by atoms with Crippen LogP contribution >= 0.6 is 0 Å². The highest BCUT2D eigenvalue weighted by atomic mass is 16.5. The Labute approximate surface area is 175 Å². The van der Waals surface area contributed by atoms with E-state index in [-0.39, 0.29) is 5.41 Å². The normalized spacial score (nSPS) is 20.7. The first kappa shape index (κ1) is 21.6. The summed E-state index contributed by atoms with van der Waals surface area (Å²) in [7, 11) is 1.70. The molecule has 2 aromatic rings. The highest BCUT2D eigenvalue weighted by Gasteiger charge is 2.42. The topological polar surface area (TPSA) is 51.6 Å². The molecule has 2 atom stereocenters. The Morgan fingerprint density at radius 3 is 2.55 bits per heavy atom. The molecule has 1 N–H and O–H groups in total. The van der Waals surface area contributed by atoms with Gasteiger partial charge >= 0.3 is 0 Å². The smallest absolute Gasteiger partial charge is 0.126 e. The summed E-state index contributed by atoms with van der Waals surface area (Å²) in [6.07, 6.45) is 13.3. The van der Waals surface area contributed by atoms with E-state index >= 15 is 0 Å². The quantitative estimate of drug-likeness (QED) is 0.499. The van der Waals surface area contributed by atoms with Crippen molar-refractivity contribution in [1.82, 2.24) is 4.98 Å². The van der Waals surface area contributed by atoms with E-state index in [1.807, 2.05) is 30.6 Å². The van der Waals surface area contributed by atoms with Crippen molar-refractivity contribution in [3.05, 3.63) is 53.9 Å². The first-order chi connectivity index (χ1) is 14.2. The lowest BCUT2D eigenvalue weighted by atomic mass is 9.66. The second kappa shape index (κ2) is 10.6. The maximum absolute atomic E-state index is 8.88. The third-order valence-electron chi connectivity index (χ3n) is 6.36. The number of hydrogen-bond donors (Lipinski definition) is 1. The molecule has 29 heavy (non-hydrogen) atoms. The van der Waals surface area contributed by atoms with Gasteiger partial charge in [-0.25, -0.2) is 0 Å². The van der Waals surface area contributed by atoms with E-state index < -0.39 is 0 Å². The van der Waals surface area contributed by atoms with Crippen molar-refractivity contribution < 1.29 is 14.6 Å². The number of benzene rings is 1. The molecule has 0 radical (unpaired) electrons. The minimum atomic E-state index is -0.0863. The van der Waals surface area contributed by atoms with E-state index in [0.29, 0.717) is 19.1 Å². The van der Waals surface area contributed by atoms with Crippen molar-refractivity contribution in [3.8, 4) is 11.5 Å². The summed E-state index contributed by atoms with van der Waals surface area (Å²) in [6, 6.07) is 10.5. The number of pyridine rings is 1. The summed E-state index contributed by atoms with van der Waals surface area (Å²) in [5.41, 5.74) is 2.44. The van der Waals surface area contributed by atoms with Gasteiger partial charge in [-0.2, -0.15) is 0 Å². The molecule has 0 saturated carbocycles. The first-order valence-corrected chi connectivity index (χ1v) is 11.0. The van der Waals surface area contributed by atoms with E-state index in [1.54, 1.807) is 7.11 Å². The van der Waals surface area contributed by atoms with Crippen LogP contribution in [0.2, 0.25) is 0 Å². The van der Waals surface area contributed by atoms with E-state index in [0.717, 1.165) is 30.8 Å². The van der Waals surface area contributed by atoms with Crippen molar-refractivity contribution in [2.24, 2.45) is 0 Å². The second-order valence-electron chi connectivity index (χ2n) is 8.39. The van der Waals surface area contributed by atoms with Crippen LogP contribution in [-0.4, -0.2) is 30.4 Å². The molecule has 1 aromatic carbocycles. The fraction of sp³-hybridized carbons (Fsp3) is 0.560. The third-order valence-corrected chi connectivity index (χ3v) is 6.36. The Kier molecular flexibility index (Phi) is 7.93. The molecule has 0 amide bonds. The zero-order chi connectivity index (χ0) is 20.5. The van der Waals surface area contributed by atoms with Crippen molar-refractivity contribution >= 4 is 0 Å². The van der Waals surface area contributed by atoms with Crippen LogP contribution in [0.25, 0.3) is 0 Å². The average molecular weight is 398 g/mol. The van der Waals surface area contributed by atoms with Gasteiger partial charge in [-0.15, -0.1) is 0 Å². The van der Waals surface area contributed by atoms with Crippen LogP contribution in [0.5, 0.6) is 11.5 Å². The first-order valence-electron chi connectivity index (χ1n) is 11.0. The molecule has 1 aliphatic heterocycles. The number of ether oxygens (including phenoxy) is 2. The number of nitrogens with zero attached hydrogens (tertiary/aromatic N) is 1. The van der Waals surface area contributed by atoms with E-state index in [4.69, 9.17) is 14.6 Å². The zero-order valence-electron chi connectivity index (χ0n) is 17.9. The number of aliphatic hydroxyl groups is 1. The predicted octanol–water partition coefficient (Wildman–Crippen LogP) is 5.64. The highest BCUT2D eigenvalue weighted by Crippen LogP contribution is 2.49.